The average molecular weight is 205 g/mol. The van der Waals surface area contributed by atoms with E-state index in [0.717, 1.165) is 6.42 Å². The first-order chi connectivity index (χ1) is 5.97. The molecule has 0 aromatic rings. The SMILES string of the molecule is CS(=O)(=O)CC(N)CC1CCCC1. The first-order valence-electron chi connectivity index (χ1n) is 4.90. The predicted molar refractivity (Wildman–Crippen MR) is 54.3 cm³/mol. The minimum Gasteiger partial charge on any atom is -0.327 e. The van der Waals surface area contributed by atoms with E-state index in [4.69, 9.17) is 5.73 Å². The third kappa shape index (κ3) is 4.62. The summed E-state index contributed by atoms with van der Waals surface area (Å²) < 4.78 is 21.9. The van der Waals surface area contributed by atoms with Crippen LogP contribution < -0.4 is 5.73 Å². The van der Waals surface area contributed by atoms with Gasteiger partial charge >= 0.3 is 0 Å². The molecule has 1 unspecified atom stereocenters. The van der Waals surface area contributed by atoms with Gasteiger partial charge in [0.1, 0.15) is 9.84 Å². The Labute approximate surface area is 80.6 Å². The molecule has 1 fully saturated rings. The number of sulfone groups is 1. The summed E-state index contributed by atoms with van der Waals surface area (Å²) in [5.41, 5.74) is 5.76. The third-order valence-electron chi connectivity index (χ3n) is 2.63. The predicted octanol–water partition coefficient (Wildman–Crippen LogP) is 0.939. The molecule has 78 valence electrons. The maximum absolute atomic E-state index is 10.9. The van der Waals surface area contributed by atoms with Crippen LogP contribution in [-0.2, 0) is 9.84 Å². The molecule has 1 saturated carbocycles. The molecule has 1 aliphatic carbocycles. The van der Waals surface area contributed by atoms with Gasteiger partial charge in [0.2, 0.25) is 0 Å². The number of hydrogen-bond acceptors (Lipinski definition) is 3. The van der Waals surface area contributed by atoms with E-state index in [9.17, 15) is 8.42 Å². The monoisotopic (exact) mass is 205 g/mol. The first kappa shape index (κ1) is 11.0. The molecule has 13 heavy (non-hydrogen) atoms. The minimum absolute atomic E-state index is 0.142. The van der Waals surface area contributed by atoms with Crippen LogP contribution in [0.15, 0.2) is 0 Å². The van der Waals surface area contributed by atoms with Crippen LogP contribution in [-0.4, -0.2) is 26.5 Å². The third-order valence-corrected chi connectivity index (χ3v) is 3.66. The molecule has 1 aliphatic rings. The zero-order chi connectivity index (χ0) is 9.90. The highest BCUT2D eigenvalue weighted by Gasteiger charge is 2.20. The highest BCUT2D eigenvalue weighted by molar-refractivity contribution is 7.90. The summed E-state index contributed by atoms with van der Waals surface area (Å²) >= 11 is 0. The van der Waals surface area contributed by atoms with Crippen LogP contribution in [0.1, 0.15) is 32.1 Å². The molecule has 4 heteroatoms. The van der Waals surface area contributed by atoms with Gasteiger partial charge in [0.05, 0.1) is 5.75 Å². The Morgan fingerprint density at radius 3 is 2.38 bits per heavy atom. The first-order valence-corrected chi connectivity index (χ1v) is 6.97. The minimum atomic E-state index is -2.89. The van der Waals surface area contributed by atoms with Gasteiger partial charge in [0, 0.05) is 12.3 Å². The Hall–Kier alpha value is -0.0900. The van der Waals surface area contributed by atoms with Gasteiger partial charge in [0.25, 0.3) is 0 Å². The summed E-state index contributed by atoms with van der Waals surface area (Å²) in [6.45, 7) is 0. The van der Waals surface area contributed by atoms with Crippen molar-refractivity contribution >= 4 is 9.84 Å². The largest absolute Gasteiger partial charge is 0.327 e. The van der Waals surface area contributed by atoms with Crippen LogP contribution in [0.4, 0.5) is 0 Å². The lowest BCUT2D eigenvalue weighted by Gasteiger charge is -2.14. The maximum Gasteiger partial charge on any atom is 0.148 e. The summed E-state index contributed by atoms with van der Waals surface area (Å²) in [6.07, 6.45) is 7.18. The number of rotatable bonds is 4. The Morgan fingerprint density at radius 1 is 1.38 bits per heavy atom. The van der Waals surface area contributed by atoms with E-state index in [1.807, 2.05) is 0 Å². The van der Waals surface area contributed by atoms with Gasteiger partial charge in [-0.3, -0.25) is 0 Å². The Balaban J connectivity index is 2.28. The van der Waals surface area contributed by atoms with Crippen LogP contribution >= 0.6 is 0 Å². The molecule has 3 nitrogen and oxygen atoms in total. The van der Waals surface area contributed by atoms with Crippen molar-refractivity contribution in [1.29, 1.82) is 0 Å². The van der Waals surface area contributed by atoms with Gasteiger partial charge in [-0.15, -0.1) is 0 Å². The van der Waals surface area contributed by atoms with Crippen molar-refractivity contribution in [2.24, 2.45) is 11.7 Å². The fourth-order valence-electron chi connectivity index (χ4n) is 2.13. The molecule has 0 saturated heterocycles. The van der Waals surface area contributed by atoms with Gasteiger partial charge < -0.3 is 5.73 Å². The molecule has 0 heterocycles. The van der Waals surface area contributed by atoms with Crippen LogP contribution in [0.5, 0.6) is 0 Å². The zero-order valence-electron chi connectivity index (χ0n) is 8.20. The molecule has 0 spiro atoms. The molecule has 0 aliphatic heterocycles. The van der Waals surface area contributed by atoms with Crippen molar-refractivity contribution < 1.29 is 8.42 Å². The second-order valence-corrected chi connectivity index (χ2v) is 6.42. The van der Waals surface area contributed by atoms with Crippen molar-refractivity contribution in [2.75, 3.05) is 12.0 Å². The molecular formula is C9H19NO2S. The van der Waals surface area contributed by atoms with Crippen LogP contribution in [0, 0.1) is 5.92 Å². The van der Waals surface area contributed by atoms with Crippen molar-refractivity contribution in [3.05, 3.63) is 0 Å². The Kier molecular flexibility index (Phi) is 3.74. The van der Waals surface area contributed by atoms with Crippen molar-refractivity contribution in [2.45, 2.75) is 38.1 Å². The fraction of sp³-hybridized carbons (Fsp3) is 1.00. The van der Waals surface area contributed by atoms with Crippen molar-refractivity contribution in [3.63, 3.8) is 0 Å². The molecular weight excluding hydrogens is 186 g/mol. The quantitative estimate of drug-likeness (QED) is 0.743. The summed E-state index contributed by atoms with van der Waals surface area (Å²) in [4.78, 5) is 0. The molecule has 1 rings (SSSR count). The molecule has 0 aromatic carbocycles. The zero-order valence-corrected chi connectivity index (χ0v) is 9.02. The average Bonchev–Trinajstić information content (AvgIpc) is 2.34. The van der Waals surface area contributed by atoms with E-state index in [1.54, 1.807) is 0 Å². The Morgan fingerprint density at radius 2 is 1.92 bits per heavy atom. The van der Waals surface area contributed by atoms with Gasteiger partial charge in [-0.25, -0.2) is 8.42 Å². The van der Waals surface area contributed by atoms with E-state index in [1.165, 1.54) is 31.9 Å². The van der Waals surface area contributed by atoms with Crippen molar-refractivity contribution in [1.82, 2.24) is 0 Å². The molecule has 0 amide bonds. The molecule has 0 radical (unpaired) electrons. The van der Waals surface area contributed by atoms with Gasteiger partial charge in [-0.1, -0.05) is 25.7 Å². The van der Waals surface area contributed by atoms with E-state index < -0.39 is 9.84 Å². The van der Waals surface area contributed by atoms with Gasteiger partial charge in [-0.2, -0.15) is 0 Å². The van der Waals surface area contributed by atoms with E-state index in [2.05, 4.69) is 0 Å². The summed E-state index contributed by atoms with van der Waals surface area (Å²) in [5, 5.41) is 0. The lowest BCUT2D eigenvalue weighted by molar-refractivity contribution is 0.457. The highest BCUT2D eigenvalue weighted by atomic mass is 32.2. The normalized spacial score (nSPS) is 22.0. The van der Waals surface area contributed by atoms with Crippen LogP contribution in [0.3, 0.4) is 0 Å². The van der Waals surface area contributed by atoms with Gasteiger partial charge in [-0.05, 0) is 12.3 Å². The van der Waals surface area contributed by atoms with E-state index >= 15 is 0 Å². The summed E-state index contributed by atoms with van der Waals surface area (Å²) in [7, 11) is -2.89. The lowest BCUT2D eigenvalue weighted by Crippen LogP contribution is -2.30. The molecule has 2 N–H and O–H groups in total. The molecule has 1 atom stereocenters. The second kappa shape index (κ2) is 4.42. The van der Waals surface area contributed by atoms with Crippen LogP contribution in [0.25, 0.3) is 0 Å². The summed E-state index contributed by atoms with van der Waals surface area (Å²) in [6, 6.07) is -0.155. The van der Waals surface area contributed by atoms with E-state index in [-0.39, 0.29) is 11.8 Å². The van der Waals surface area contributed by atoms with E-state index in [0.29, 0.717) is 5.92 Å². The second-order valence-electron chi connectivity index (χ2n) is 4.24. The topological polar surface area (TPSA) is 60.2 Å². The summed E-state index contributed by atoms with van der Waals surface area (Å²) in [5.74, 6) is 0.820. The standard InChI is InChI=1S/C9H19NO2S/c1-13(11,12)7-9(10)6-8-4-2-3-5-8/h8-9H,2-7,10H2,1H3. The van der Waals surface area contributed by atoms with Gasteiger partial charge in [0.15, 0.2) is 0 Å². The molecule has 0 aromatic heterocycles. The smallest absolute Gasteiger partial charge is 0.148 e. The van der Waals surface area contributed by atoms with Crippen molar-refractivity contribution in [3.8, 4) is 0 Å². The van der Waals surface area contributed by atoms with Crippen LogP contribution in [0.2, 0.25) is 0 Å². The number of hydrogen-bond donors (Lipinski definition) is 1. The lowest BCUT2D eigenvalue weighted by atomic mass is 10.00. The highest BCUT2D eigenvalue weighted by Crippen LogP contribution is 2.28. The maximum atomic E-state index is 10.9. The molecule has 0 bridgehead atoms. The Bertz CT molecular complexity index is 242. The fourth-order valence-corrected chi connectivity index (χ4v) is 3.04. The number of nitrogens with two attached hydrogens (primary N) is 1.